The molecule has 0 heterocycles. The van der Waals surface area contributed by atoms with Crippen LogP contribution < -0.4 is 0 Å². The Morgan fingerprint density at radius 1 is 0.714 bits per heavy atom. The molecule has 208 valence electrons. The van der Waals surface area contributed by atoms with Gasteiger partial charge in [0.1, 0.15) is 13.2 Å². The Morgan fingerprint density at radius 2 is 1.17 bits per heavy atom. The van der Waals surface area contributed by atoms with Crippen LogP contribution in [0, 0.1) is 0 Å². The first kappa shape index (κ1) is 33.3. The molecule has 0 fully saturated rings. The van der Waals surface area contributed by atoms with Crippen molar-refractivity contribution < 1.29 is 71.1 Å². The molecule has 0 aliphatic carbocycles. The van der Waals surface area contributed by atoms with Gasteiger partial charge in [0.05, 0.1) is 20.6 Å². The van der Waals surface area contributed by atoms with Gasteiger partial charge in [0.15, 0.2) is 0 Å². The van der Waals surface area contributed by atoms with Crippen LogP contribution in [-0.4, -0.2) is 80.0 Å². The van der Waals surface area contributed by atoms with Crippen LogP contribution in [0.4, 0.5) is 57.1 Å². The number of likely N-dealkylation sites (N-methyl/N-ethyl adjacent to an activating group) is 1. The molecule has 35 heavy (non-hydrogen) atoms. The summed E-state index contributed by atoms with van der Waals surface area (Å²) in [4.78, 5) is 11.0. The van der Waals surface area contributed by atoms with Gasteiger partial charge in [-0.25, -0.2) is 4.79 Å². The molecule has 0 N–H and O–H groups in total. The molecule has 16 heteroatoms. The molecule has 0 rings (SSSR count). The standard InChI is InChI=1S/C19H25F13NO2/c1-4-13(34)35-12-11-33(2,3)10-8-6-5-7-9-14(20,21)15(22,23)16(24,25)17(26,27)18(28,29)19(30,31)32/h4H,1,5-12H2,2-3H3/q+1. The molecular weight excluding hydrogens is 521 g/mol. The van der Waals surface area contributed by atoms with E-state index in [-0.39, 0.29) is 30.4 Å². The summed E-state index contributed by atoms with van der Waals surface area (Å²) < 4.78 is 175. The average Bonchev–Trinajstić information content (AvgIpc) is 2.68. The fraction of sp³-hybridized carbons (Fsp3) is 0.842. The van der Waals surface area contributed by atoms with E-state index in [1.807, 2.05) is 0 Å². The number of carbonyl (C=O) groups is 1. The van der Waals surface area contributed by atoms with E-state index in [1.165, 1.54) is 0 Å². The summed E-state index contributed by atoms with van der Waals surface area (Å²) in [6.45, 7) is 3.91. The molecule has 0 unspecified atom stereocenters. The van der Waals surface area contributed by atoms with Crippen molar-refractivity contribution in [2.45, 2.75) is 67.9 Å². The fourth-order valence-electron chi connectivity index (χ4n) is 2.76. The van der Waals surface area contributed by atoms with Gasteiger partial charge >= 0.3 is 41.8 Å². The van der Waals surface area contributed by atoms with E-state index in [4.69, 9.17) is 4.74 Å². The zero-order valence-electron chi connectivity index (χ0n) is 18.6. The van der Waals surface area contributed by atoms with Crippen LogP contribution in [-0.2, 0) is 9.53 Å². The van der Waals surface area contributed by atoms with E-state index < -0.39 is 54.6 Å². The first-order valence-electron chi connectivity index (χ1n) is 9.98. The summed E-state index contributed by atoms with van der Waals surface area (Å²) in [5.74, 6) is -37.2. The van der Waals surface area contributed by atoms with Gasteiger partial charge in [-0.05, 0) is 19.3 Å². The van der Waals surface area contributed by atoms with Gasteiger partial charge in [-0.2, -0.15) is 57.1 Å². The lowest BCUT2D eigenvalue weighted by Gasteiger charge is -2.39. The third-order valence-corrected chi connectivity index (χ3v) is 5.11. The number of unbranched alkanes of at least 4 members (excludes halogenated alkanes) is 3. The summed E-state index contributed by atoms with van der Waals surface area (Å²) in [5, 5.41) is 0. The second-order valence-corrected chi connectivity index (χ2v) is 8.42. The Hall–Kier alpha value is -1.74. The molecule has 0 bridgehead atoms. The van der Waals surface area contributed by atoms with E-state index in [2.05, 4.69) is 6.58 Å². The molecule has 3 nitrogen and oxygen atoms in total. The number of nitrogens with zero attached hydrogens (tertiary/aromatic N) is 1. The minimum atomic E-state index is -7.87. The molecule has 0 saturated heterocycles. The highest BCUT2D eigenvalue weighted by Crippen LogP contribution is 2.60. The van der Waals surface area contributed by atoms with Crippen LogP contribution >= 0.6 is 0 Å². The molecule has 0 aliphatic heterocycles. The highest BCUT2D eigenvalue weighted by atomic mass is 19.4. The predicted molar refractivity (Wildman–Crippen MR) is 96.9 cm³/mol. The normalized spacial score (nSPS) is 14.7. The van der Waals surface area contributed by atoms with Crippen LogP contribution in [0.25, 0.3) is 0 Å². The zero-order chi connectivity index (χ0) is 28.1. The minimum Gasteiger partial charge on any atom is -0.457 e. The number of ether oxygens (including phenoxy) is 1. The monoisotopic (exact) mass is 546 g/mol. The van der Waals surface area contributed by atoms with Crippen LogP contribution in [0.5, 0.6) is 0 Å². The first-order valence-corrected chi connectivity index (χ1v) is 9.98. The molecule has 0 saturated carbocycles. The lowest BCUT2D eigenvalue weighted by Crippen LogP contribution is -2.70. The SMILES string of the molecule is C=CC(=O)OCC[N+](C)(C)CCCCCCC(F)(F)C(F)(F)C(F)(F)C(F)(F)C(F)(F)C(F)(F)F. The zero-order valence-corrected chi connectivity index (χ0v) is 18.6. The maximum absolute atomic E-state index is 13.7. The van der Waals surface area contributed by atoms with Crippen molar-refractivity contribution in [3.05, 3.63) is 12.7 Å². The van der Waals surface area contributed by atoms with Crippen LogP contribution in [0.3, 0.4) is 0 Å². The maximum atomic E-state index is 13.7. The minimum absolute atomic E-state index is 0.0192. The van der Waals surface area contributed by atoms with Crippen LogP contribution in [0.1, 0.15) is 32.1 Å². The quantitative estimate of drug-likeness (QED) is 0.0773. The Bertz CT molecular complexity index is 718. The third-order valence-electron chi connectivity index (χ3n) is 5.11. The van der Waals surface area contributed by atoms with Gasteiger partial charge in [-0.15, -0.1) is 0 Å². The lowest BCUT2D eigenvalue weighted by molar-refractivity contribution is -0.890. The smallest absolute Gasteiger partial charge is 0.457 e. The summed E-state index contributed by atoms with van der Waals surface area (Å²) in [6, 6.07) is 0. The molecule has 0 atom stereocenters. The predicted octanol–water partition coefficient (Wildman–Crippen LogP) is 6.48. The van der Waals surface area contributed by atoms with Crippen LogP contribution in [0.15, 0.2) is 12.7 Å². The number of alkyl halides is 13. The highest BCUT2D eigenvalue weighted by molar-refractivity contribution is 5.81. The van der Waals surface area contributed by atoms with E-state index in [0.717, 1.165) is 6.08 Å². The summed E-state index contributed by atoms with van der Waals surface area (Å²) in [7, 11) is 3.41. The number of quaternary nitrogens is 1. The number of halogens is 13. The van der Waals surface area contributed by atoms with E-state index in [0.29, 0.717) is 13.1 Å². The molecule has 0 aromatic heterocycles. The van der Waals surface area contributed by atoms with Gasteiger partial charge in [-0.3, -0.25) is 0 Å². The molecule has 0 aliphatic rings. The summed E-state index contributed by atoms with van der Waals surface area (Å²) >= 11 is 0. The Morgan fingerprint density at radius 3 is 1.63 bits per heavy atom. The Labute approximate surface area is 192 Å². The first-order chi connectivity index (χ1) is 15.4. The van der Waals surface area contributed by atoms with Crippen molar-refractivity contribution in [2.24, 2.45) is 0 Å². The van der Waals surface area contributed by atoms with E-state index >= 15 is 0 Å². The highest BCUT2D eigenvalue weighted by Gasteiger charge is 2.90. The summed E-state index contributed by atoms with van der Waals surface area (Å²) in [6.07, 6.45) is -9.50. The van der Waals surface area contributed by atoms with Gasteiger partial charge in [0, 0.05) is 12.5 Å². The second kappa shape index (κ2) is 11.1. The molecule has 0 amide bonds. The molecule has 0 radical (unpaired) electrons. The number of rotatable bonds is 15. The molecule has 0 aromatic carbocycles. The number of carbonyl (C=O) groups excluding carboxylic acids is 1. The average molecular weight is 546 g/mol. The fourth-order valence-corrected chi connectivity index (χ4v) is 2.76. The van der Waals surface area contributed by atoms with Gasteiger partial charge in [0.25, 0.3) is 0 Å². The topological polar surface area (TPSA) is 26.3 Å². The number of esters is 1. The van der Waals surface area contributed by atoms with Crippen molar-refractivity contribution in [3.8, 4) is 0 Å². The third kappa shape index (κ3) is 7.38. The lowest BCUT2D eigenvalue weighted by atomic mass is 9.91. The largest absolute Gasteiger partial charge is 0.460 e. The van der Waals surface area contributed by atoms with Crippen molar-refractivity contribution in [1.82, 2.24) is 0 Å². The molecule has 0 spiro atoms. The van der Waals surface area contributed by atoms with E-state index in [9.17, 15) is 61.9 Å². The van der Waals surface area contributed by atoms with Crippen LogP contribution in [0.2, 0.25) is 0 Å². The van der Waals surface area contributed by atoms with Crippen molar-refractivity contribution in [3.63, 3.8) is 0 Å². The Kier molecular flexibility index (Phi) is 10.6. The van der Waals surface area contributed by atoms with Crippen molar-refractivity contribution in [2.75, 3.05) is 33.8 Å². The second-order valence-electron chi connectivity index (χ2n) is 8.42. The van der Waals surface area contributed by atoms with Gasteiger partial charge < -0.3 is 9.22 Å². The van der Waals surface area contributed by atoms with Gasteiger partial charge in [0.2, 0.25) is 0 Å². The van der Waals surface area contributed by atoms with Crippen molar-refractivity contribution >= 4 is 5.97 Å². The van der Waals surface area contributed by atoms with Gasteiger partial charge in [-0.1, -0.05) is 13.0 Å². The van der Waals surface area contributed by atoms with E-state index in [1.54, 1.807) is 14.1 Å². The number of hydrogen-bond acceptors (Lipinski definition) is 2. The molecule has 0 aromatic rings. The maximum Gasteiger partial charge on any atom is 0.460 e. The number of hydrogen-bond donors (Lipinski definition) is 0. The Balaban J connectivity index is 4.99. The molecular formula is C19H25F13NO2+. The summed E-state index contributed by atoms with van der Waals surface area (Å²) in [5.41, 5.74) is 0. The van der Waals surface area contributed by atoms with Crippen molar-refractivity contribution in [1.29, 1.82) is 0 Å².